The Labute approximate surface area is 113 Å². The maximum atomic E-state index is 11.8. The standard InChI is InChI=1S/C14H21NO2S/c1-10(2)12(8-16)15-14(17)9-18-13-7-5-4-6-11(13)3/h4-7,10,12,16H,8-9H2,1-3H3,(H,15,17). The molecule has 18 heavy (non-hydrogen) atoms. The zero-order chi connectivity index (χ0) is 13.5. The van der Waals surface area contributed by atoms with Crippen LogP contribution in [0, 0.1) is 12.8 Å². The van der Waals surface area contributed by atoms with Crippen LogP contribution >= 0.6 is 11.8 Å². The average molecular weight is 267 g/mol. The number of aliphatic hydroxyl groups excluding tert-OH is 1. The van der Waals surface area contributed by atoms with Gasteiger partial charge in [-0.2, -0.15) is 0 Å². The van der Waals surface area contributed by atoms with E-state index in [1.54, 1.807) is 0 Å². The Bertz CT molecular complexity index is 393. The molecule has 4 heteroatoms. The monoisotopic (exact) mass is 267 g/mol. The van der Waals surface area contributed by atoms with Crippen molar-refractivity contribution in [1.82, 2.24) is 5.32 Å². The van der Waals surface area contributed by atoms with E-state index in [2.05, 4.69) is 5.32 Å². The van der Waals surface area contributed by atoms with Gasteiger partial charge in [-0.3, -0.25) is 4.79 Å². The van der Waals surface area contributed by atoms with Gasteiger partial charge < -0.3 is 10.4 Å². The second-order valence-corrected chi connectivity index (χ2v) is 5.67. The first kappa shape index (κ1) is 15.1. The summed E-state index contributed by atoms with van der Waals surface area (Å²) < 4.78 is 0. The molecule has 100 valence electrons. The van der Waals surface area contributed by atoms with E-state index in [1.807, 2.05) is 45.0 Å². The number of nitrogens with one attached hydrogen (secondary N) is 1. The Morgan fingerprint density at radius 3 is 2.61 bits per heavy atom. The Kier molecular flexibility index (Phi) is 6.22. The van der Waals surface area contributed by atoms with E-state index in [1.165, 1.54) is 17.3 Å². The van der Waals surface area contributed by atoms with E-state index >= 15 is 0 Å². The number of hydrogen-bond acceptors (Lipinski definition) is 3. The fourth-order valence-electron chi connectivity index (χ4n) is 1.53. The largest absolute Gasteiger partial charge is 0.394 e. The summed E-state index contributed by atoms with van der Waals surface area (Å²) in [5.41, 5.74) is 1.18. The highest BCUT2D eigenvalue weighted by Crippen LogP contribution is 2.21. The average Bonchev–Trinajstić information content (AvgIpc) is 2.34. The van der Waals surface area contributed by atoms with Gasteiger partial charge in [0.25, 0.3) is 0 Å². The van der Waals surface area contributed by atoms with E-state index in [0.717, 1.165) is 4.90 Å². The molecule has 1 aromatic rings. The van der Waals surface area contributed by atoms with E-state index in [-0.39, 0.29) is 24.5 Å². The SMILES string of the molecule is Cc1ccccc1SCC(=O)NC(CO)C(C)C. The fraction of sp³-hybridized carbons (Fsp3) is 0.500. The molecule has 0 radical (unpaired) electrons. The highest BCUT2D eigenvalue weighted by Gasteiger charge is 2.15. The van der Waals surface area contributed by atoms with Crippen LogP contribution in [0.2, 0.25) is 0 Å². The molecule has 1 rings (SSSR count). The zero-order valence-electron chi connectivity index (χ0n) is 11.1. The molecule has 0 fully saturated rings. The lowest BCUT2D eigenvalue weighted by molar-refractivity contribution is -0.119. The number of thioether (sulfide) groups is 1. The molecule has 0 heterocycles. The second-order valence-electron chi connectivity index (χ2n) is 4.65. The van der Waals surface area contributed by atoms with Gasteiger partial charge >= 0.3 is 0 Å². The zero-order valence-corrected chi connectivity index (χ0v) is 12.0. The molecule has 1 atom stereocenters. The third-order valence-corrected chi connectivity index (χ3v) is 3.98. The quantitative estimate of drug-likeness (QED) is 0.777. The van der Waals surface area contributed by atoms with Crippen molar-refractivity contribution in [3.8, 4) is 0 Å². The van der Waals surface area contributed by atoms with Crippen LogP contribution in [0.5, 0.6) is 0 Å². The van der Waals surface area contributed by atoms with Crippen LogP contribution in [-0.2, 0) is 4.79 Å². The fourth-order valence-corrected chi connectivity index (χ4v) is 2.37. The predicted molar refractivity (Wildman–Crippen MR) is 75.8 cm³/mol. The summed E-state index contributed by atoms with van der Waals surface area (Å²) in [7, 11) is 0. The Morgan fingerprint density at radius 2 is 2.06 bits per heavy atom. The van der Waals surface area contributed by atoms with Crippen molar-refractivity contribution in [2.45, 2.75) is 31.7 Å². The molecular weight excluding hydrogens is 246 g/mol. The van der Waals surface area contributed by atoms with Gasteiger partial charge in [-0.25, -0.2) is 0 Å². The summed E-state index contributed by atoms with van der Waals surface area (Å²) in [4.78, 5) is 12.9. The Hall–Kier alpha value is -1.00. The topological polar surface area (TPSA) is 49.3 Å². The van der Waals surface area contributed by atoms with Crippen molar-refractivity contribution in [2.75, 3.05) is 12.4 Å². The summed E-state index contributed by atoms with van der Waals surface area (Å²) in [6, 6.07) is 7.84. The molecule has 0 aromatic heterocycles. The van der Waals surface area contributed by atoms with Crippen molar-refractivity contribution in [3.05, 3.63) is 29.8 Å². The van der Waals surface area contributed by atoms with Crippen molar-refractivity contribution >= 4 is 17.7 Å². The minimum absolute atomic E-state index is 0.0154. The van der Waals surface area contributed by atoms with Gasteiger partial charge in [0.05, 0.1) is 18.4 Å². The highest BCUT2D eigenvalue weighted by atomic mass is 32.2. The summed E-state index contributed by atoms with van der Waals surface area (Å²) >= 11 is 1.53. The van der Waals surface area contributed by atoms with Crippen LogP contribution in [0.4, 0.5) is 0 Å². The number of aliphatic hydroxyl groups is 1. The molecule has 1 aromatic carbocycles. The Balaban J connectivity index is 2.44. The smallest absolute Gasteiger partial charge is 0.230 e. The van der Waals surface area contributed by atoms with Gasteiger partial charge in [-0.05, 0) is 24.5 Å². The summed E-state index contributed by atoms with van der Waals surface area (Å²) in [5.74, 6) is 0.590. The van der Waals surface area contributed by atoms with Crippen LogP contribution in [-0.4, -0.2) is 29.4 Å². The van der Waals surface area contributed by atoms with Gasteiger partial charge in [-0.15, -0.1) is 11.8 Å². The molecule has 0 aliphatic rings. The van der Waals surface area contributed by atoms with Crippen LogP contribution in [0.3, 0.4) is 0 Å². The number of amides is 1. The first-order valence-corrected chi connectivity index (χ1v) is 7.11. The van der Waals surface area contributed by atoms with E-state index < -0.39 is 0 Å². The number of carbonyl (C=O) groups excluding carboxylic acids is 1. The maximum absolute atomic E-state index is 11.8. The predicted octanol–water partition coefficient (Wildman–Crippen LogP) is 2.22. The van der Waals surface area contributed by atoms with Gasteiger partial charge in [0.1, 0.15) is 0 Å². The summed E-state index contributed by atoms with van der Waals surface area (Å²) in [5, 5.41) is 12.0. The van der Waals surface area contributed by atoms with Crippen molar-refractivity contribution in [1.29, 1.82) is 0 Å². The van der Waals surface area contributed by atoms with Crippen molar-refractivity contribution < 1.29 is 9.90 Å². The normalized spacial score (nSPS) is 12.5. The van der Waals surface area contributed by atoms with Gasteiger partial charge in [0.15, 0.2) is 0 Å². The molecule has 0 spiro atoms. The van der Waals surface area contributed by atoms with Crippen LogP contribution in [0.1, 0.15) is 19.4 Å². The lowest BCUT2D eigenvalue weighted by Gasteiger charge is -2.19. The molecule has 2 N–H and O–H groups in total. The van der Waals surface area contributed by atoms with E-state index in [4.69, 9.17) is 5.11 Å². The lowest BCUT2D eigenvalue weighted by Crippen LogP contribution is -2.41. The number of benzene rings is 1. The van der Waals surface area contributed by atoms with Gasteiger partial charge in [0.2, 0.25) is 5.91 Å². The first-order valence-electron chi connectivity index (χ1n) is 6.13. The number of hydrogen-bond donors (Lipinski definition) is 2. The molecule has 1 unspecified atom stereocenters. The van der Waals surface area contributed by atoms with Gasteiger partial charge in [0, 0.05) is 4.90 Å². The molecule has 0 aliphatic carbocycles. The lowest BCUT2D eigenvalue weighted by atomic mass is 10.1. The van der Waals surface area contributed by atoms with E-state index in [9.17, 15) is 4.79 Å². The van der Waals surface area contributed by atoms with E-state index in [0.29, 0.717) is 5.75 Å². The van der Waals surface area contributed by atoms with Crippen molar-refractivity contribution in [3.63, 3.8) is 0 Å². The van der Waals surface area contributed by atoms with Crippen LogP contribution < -0.4 is 5.32 Å². The van der Waals surface area contributed by atoms with Gasteiger partial charge in [-0.1, -0.05) is 32.0 Å². The molecule has 3 nitrogen and oxygen atoms in total. The number of aryl methyl sites for hydroxylation is 1. The van der Waals surface area contributed by atoms with Crippen LogP contribution in [0.15, 0.2) is 29.2 Å². The number of rotatable bonds is 6. The number of carbonyl (C=O) groups is 1. The minimum atomic E-state index is -0.157. The van der Waals surface area contributed by atoms with Crippen molar-refractivity contribution in [2.24, 2.45) is 5.92 Å². The molecule has 0 saturated carbocycles. The Morgan fingerprint density at radius 1 is 1.39 bits per heavy atom. The molecule has 0 aliphatic heterocycles. The second kappa shape index (κ2) is 7.44. The first-order chi connectivity index (χ1) is 8.54. The molecule has 0 bridgehead atoms. The van der Waals surface area contributed by atoms with Crippen LogP contribution in [0.25, 0.3) is 0 Å². The summed E-state index contributed by atoms with van der Waals surface area (Å²) in [6.07, 6.45) is 0. The third-order valence-electron chi connectivity index (χ3n) is 2.80. The third kappa shape index (κ3) is 4.70. The summed E-state index contributed by atoms with van der Waals surface area (Å²) in [6.45, 7) is 5.98. The maximum Gasteiger partial charge on any atom is 0.230 e. The highest BCUT2D eigenvalue weighted by molar-refractivity contribution is 8.00. The molecular formula is C14H21NO2S. The molecule has 1 amide bonds. The molecule has 0 saturated heterocycles. The minimum Gasteiger partial charge on any atom is -0.394 e.